The second kappa shape index (κ2) is 4.22. The predicted molar refractivity (Wildman–Crippen MR) is 66.1 cm³/mol. The summed E-state index contributed by atoms with van der Waals surface area (Å²) >= 11 is 6.12. The molecule has 0 amide bonds. The SMILES string of the molecule is O=C(O)[C@@H]1[C@H]2C=C[C@@H]([C@@H]1C(=O)O)[C@@H]1[C@H](C(=O)O)[C@H](Cl)[C@@H]21. The van der Waals surface area contributed by atoms with E-state index in [1.54, 1.807) is 12.2 Å². The van der Waals surface area contributed by atoms with Crippen LogP contribution in [0.25, 0.3) is 0 Å². The van der Waals surface area contributed by atoms with Crippen molar-refractivity contribution in [3.8, 4) is 0 Å². The summed E-state index contributed by atoms with van der Waals surface area (Å²) in [6, 6.07) is 0. The van der Waals surface area contributed by atoms with E-state index in [1.165, 1.54) is 0 Å². The number of carboxylic acid groups (broad SMARTS) is 3. The van der Waals surface area contributed by atoms with Crippen molar-refractivity contribution in [1.29, 1.82) is 0 Å². The van der Waals surface area contributed by atoms with E-state index in [0.29, 0.717) is 0 Å². The Morgan fingerprint density at radius 3 is 1.55 bits per heavy atom. The van der Waals surface area contributed by atoms with Gasteiger partial charge in [-0.1, -0.05) is 12.2 Å². The van der Waals surface area contributed by atoms with Crippen LogP contribution in [0.4, 0.5) is 0 Å². The molecule has 3 N–H and O–H groups in total. The molecule has 7 heteroatoms. The number of fused-ring (bicyclic) bond motifs is 1. The minimum atomic E-state index is -1.18. The summed E-state index contributed by atoms with van der Waals surface area (Å²) < 4.78 is 0. The normalized spacial score (nSPS) is 48.2. The van der Waals surface area contributed by atoms with Crippen molar-refractivity contribution < 1.29 is 29.7 Å². The molecule has 0 unspecified atom stereocenters. The van der Waals surface area contributed by atoms with Crippen LogP contribution in [-0.4, -0.2) is 38.6 Å². The lowest BCUT2D eigenvalue weighted by molar-refractivity contribution is -0.182. The number of carbonyl (C=O) groups is 3. The van der Waals surface area contributed by atoms with Gasteiger partial charge >= 0.3 is 17.9 Å². The quantitative estimate of drug-likeness (QED) is 0.524. The van der Waals surface area contributed by atoms with Gasteiger partial charge in [0.2, 0.25) is 0 Å². The molecular weight excluding hydrogens is 288 g/mol. The van der Waals surface area contributed by atoms with Gasteiger partial charge in [0.1, 0.15) is 0 Å². The van der Waals surface area contributed by atoms with Gasteiger partial charge in [-0.15, -0.1) is 11.6 Å². The summed E-state index contributed by atoms with van der Waals surface area (Å²) in [7, 11) is 0. The standard InChI is InChI=1S/C13H13ClO6/c14-10-6-4-2-1-3(5(6)9(10)13(19)20)7(11(15)16)8(4)12(17)18/h1-10H,(H,15,16)(H,17,18)(H,19,20)/t3-,4+,5+,6+,7+,8-,9+,10-/m1/s1. The van der Waals surface area contributed by atoms with Gasteiger partial charge in [-0.05, 0) is 23.7 Å². The minimum absolute atomic E-state index is 0.260. The Morgan fingerprint density at radius 2 is 1.15 bits per heavy atom. The van der Waals surface area contributed by atoms with Crippen molar-refractivity contribution in [2.45, 2.75) is 5.38 Å². The Morgan fingerprint density at radius 1 is 0.750 bits per heavy atom. The zero-order chi connectivity index (χ0) is 14.8. The molecule has 6 nitrogen and oxygen atoms in total. The molecule has 0 aromatic rings. The third-order valence-corrected chi connectivity index (χ3v) is 5.65. The van der Waals surface area contributed by atoms with Crippen LogP contribution in [0.15, 0.2) is 12.2 Å². The van der Waals surface area contributed by atoms with Gasteiger partial charge in [0.15, 0.2) is 0 Å². The van der Waals surface area contributed by atoms with Gasteiger partial charge in [0.05, 0.1) is 23.1 Å². The molecule has 20 heavy (non-hydrogen) atoms. The number of hydrogen-bond donors (Lipinski definition) is 3. The second-order valence-electron chi connectivity index (χ2n) is 5.73. The van der Waals surface area contributed by atoms with Crippen LogP contribution < -0.4 is 0 Å². The molecule has 2 saturated carbocycles. The van der Waals surface area contributed by atoms with E-state index in [2.05, 4.69) is 0 Å². The first kappa shape index (κ1) is 13.4. The second-order valence-corrected chi connectivity index (χ2v) is 6.23. The van der Waals surface area contributed by atoms with E-state index in [-0.39, 0.29) is 11.8 Å². The molecule has 0 aliphatic heterocycles. The van der Waals surface area contributed by atoms with Crippen molar-refractivity contribution in [2.24, 2.45) is 41.4 Å². The van der Waals surface area contributed by atoms with Gasteiger partial charge < -0.3 is 15.3 Å². The Kier molecular flexibility index (Phi) is 2.83. The zero-order valence-electron chi connectivity index (χ0n) is 10.2. The van der Waals surface area contributed by atoms with E-state index in [4.69, 9.17) is 11.6 Å². The number of allylic oxidation sites excluding steroid dienone is 2. The highest BCUT2D eigenvalue weighted by Crippen LogP contribution is 2.63. The lowest BCUT2D eigenvalue weighted by Crippen LogP contribution is -2.66. The topological polar surface area (TPSA) is 112 Å². The van der Waals surface area contributed by atoms with Crippen molar-refractivity contribution in [1.82, 2.24) is 0 Å². The average molecular weight is 301 g/mol. The predicted octanol–water partition coefficient (Wildman–Crippen LogP) is 0.758. The maximum Gasteiger partial charge on any atom is 0.308 e. The van der Waals surface area contributed by atoms with Gasteiger partial charge in [0.25, 0.3) is 0 Å². The van der Waals surface area contributed by atoms with E-state index in [1.807, 2.05) is 0 Å². The molecular formula is C13H13ClO6. The molecule has 4 rings (SSSR count). The fourth-order valence-electron chi connectivity index (χ4n) is 4.37. The summed E-state index contributed by atoms with van der Waals surface area (Å²) in [5, 5.41) is 27.2. The molecule has 0 saturated heterocycles. The molecule has 2 bridgehead atoms. The number of aliphatic carboxylic acids is 3. The maximum absolute atomic E-state index is 11.4. The summed E-state index contributed by atoms with van der Waals surface area (Å²) in [6.45, 7) is 0. The van der Waals surface area contributed by atoms with Crippen LogP contribution >= 0.6 is 11.6 Å². The van der Waals surface area contributed by atoms with E-state index in [9.17, 15) is 29.7 Å². The largest absolute Gasteiger partial charge is 0.481 e. The third kappa shape index (κ3) is 1.48. The molecule has 2 fully saturated rings. The number of carboxylic acids is 3. The van der Waals surface area contributed by atoms with Crippen molar-refractivity contribution in [2.75, 3.05) is 0 Å². The van der Waals surface area contributed by atoms with Gasteiger partial charge in [-0.25, -0.2) is 0 Å². The molecule has 108 valence electrons. The highest BCUT2D eigenvalue weighted by atomic mass is 35.5. The number of rotatable bonds is 3. The monoisotopic (exact) mass is 300 g/mol. The summed E-state index contributed by atoms with van der Waals surface area (Å²) in [6.07, 6.45) is 3.38. The van der Waals surface area contributed by atoms with Gasteiger partial charge in [-0.2, -0.15) is 0 Å². The van der Waals surface area contributed by atoms with Crippen molar-refractivity contribution in [3.05, 3.63) is 12.2 Å². The number of halogens is 1. The summed E-state index contributed by atoms with van der Waals surface area (Å²) in [4.78, 5) is 34.1. The fourth-order valence-corrected chi connectivity index (χ4v) is 4.98. The molecule has 0 heterocycles. The first-order chi connectivity index (χ1) is 9.36. The van der Waals surface area contributed by atoms with Crippen LogP contribution in [0, 0.1) is 41.4 Å². The first-order valence-corrected chi connectivity index (χ1v) is 6.80. The third-order valence-electron chi connectivity index (χ3n) is 5.09. The highest BCUT2D eigenvalue weighted by Gasteiger charge is 2.68. The highest BCUT2D eigenvalue weighted by molar-refractivity contribution is 6.23. The van der Waals surface area contributed by atoms with Gasteiger partial charge in [-0.3, -0.25) is 14.4 Å². The lowest BCUT2D eigenvalue weighted by Gasteiger charge is -2.61. The minimum Gasteiger partial charge on any atom is -0.481 e. The molecule has 0 aromatic heterocycles. The van der Waals surface area contributed by atoms with Crippen LogP contribution in [0.1, 0.15) is 0 Å². The Labute approximate surface area is 119 Å². The van der Waals surface area contributed by atoms with E-state index in [0.717, 1.165) is 0 Å². The molecule has 0 radical (unpaired) electrons. The van der Waals surface area contributed by atoms with Crippen molar-refractivity contribution in [3.63, 3.8) is 0 Å². The average Bonchev–Trinajstić information content (AvgIpc) is 2.35. The van der Waals surface area contributed by atoms with Crippen LogP contribution in [0.2, 0.25) is 0 Å². The number of hydrogen-bond acceptors (Lipinski definition) is 3. The Hall–Kier alpha value is -1.56. The molecule has 4 aliphatic carbocycles. The smallest absolute Gasteiger partial charge is 0.308 e. The molecule has 0 spiro atoms. The van der Waals surface area contributed by atoms with E-state index < -0.39 is 52.9 Å². The summed E-state index contributed by atoms with van der Waals surface area (Å²) in [5.74, 6) is -7.98. The first-order valence-electron chi connectivity index (χ1n) is 6.37. The van der Waals surface area contributed by atoms with Crippen LogP contribution in [-0.2, 0) is 14.4 Å². The zero-order valence-corrected chi connectivity index (χ0v) is 11.0. The molecule has 8 atom stereocenters. The molecule has 4 aliphatic rings. The maximum atomic E-state index is 11.4. The summed E-state index contributed by atoms with van der Waals surface area (Å²) in [5.41, 5.74) is 0. The van der Waals surface area contributed by atoms with Crippen LogP contribution in [0.3, 0.4) is 0 Å². The number of alkyl halides is 1. The van der Waals surface area contributed by atoms with Gasteiger partial charge in [0, 0.05) is 0 Å². The van der Waals surface area contributed by atoms with E-state index >= 15 is 0 Å². The Balaban J connectivity index is 2.02. The fraction of sp³-hybridized carbons (Fsp3) is 0.615. The Bertz CT molecular complexity index is 529. The lowest BCUT2D eigenvalue weighted by atomic mass is 9.43. The molecule has 0 aromatic carbocycles. The van der Waals surface area contributed by atoms with Crippen LogP contribution in [0.5, 0.6) is 0 Å². The van der Waals surface area contributed by atoms with Crippen molar-refractivity contribution >= 4 is 29.5 Å².